The fraction of sp³-hybridized carbons (Fsp3) is 0.417. The molecule has 0 saturated heterocycles. The average molecular weight is 244 g/mol. The molecule has 0 aromatic heterocycles. The van der Waals surface area contributed by atoms with E-state index < -0.39 is 11.7 Å². The maximum atomic E-state index is 13.4. The van der Waals surface area contributed by atoms with Crippen LogP contribution >= 0.6 is 11.6 Å². The number of hydrogen-bond donors (Lipinski definition) is 1. The summed E-state index contributed by atoms with van der Waals surface area (Å²) in [6.45, 7) is 5.86. The molecule has 4 heteroatoms. The number of amides is 1. The lowest BCUT2D eigenvalue weighted by Gasteiger charge is -2.17. The summed E-state index contributed by atoms with van der Waals surface area (Å²) in [5.74, 6) is -0.698. The topological polar surface area (TPSA) is 29.1 Å². The van der Waals surface area contributed by atoms with Gasteiger partial charge in [0.1, 0.15) is 5.82 Å². The van der Waals surface area contributed by atoms with Gasteiger partial charge in [0.25, 0.3) is 5.91 Å². The monoisotopic (exact) mass is 243 g/mol. The predicted molar refractivity (Wildman–Crippen MR) is 63.2 cm³/mol. The first kappa shape index (κ1) is 13.0. The van der Waals surface area contributed by atoms with Crippen molar-refractivity contribution in [3.63, 3.8) is 0 Å². The highest BCUT2D eigenvalue weighted by Gasteiger charge is 2.15. The maximum Gasteiger partial charge on any atom is 0.254 e. The molecule has 0 fully saturated rings. The number of carbonyl (C=O) groups excluding carboxylic acids is 1. The molecule has 1 rings (SSSR count). The van der Waals surface area contributed by atoms with Crippen LogP contribution in [0.15, 0.2) is 18.2 Å². The SMILES string of the molecule is CC(C)[C@H](C)NC(=O)c1ccc(Cl)cc1F. The molecular weight excluding hydrogens is 229 g/mol. The van der Waals surface area contributed by atoms with E-state index in [4.69, 9.17) is 11.6 Å². The minimum atomic E-state index is -0.596. The van der Waals surface area contributed by atoms with Crippen molar-refractivity contribution in [3.8, 4) is 0 Å². The van der Waals surface area contributed by atoms with Gasteiger partial charge in [0.05, 0.1) is 5.56 Å². The second-order valence-corrected chi connectivity index (χ2v) is 4.57. The minimum Gasteiger partial charge on any atom is -0.349 e. The molecule has 0 aliphatic rings. The Kier molecular flexibility index (Phi) is 4.30. The Morgan fingerprint density at radius 3 is 2.50 bits per heavy atom. The van der Waals surface area contributed by atoms with Crippen LogP contribution in [-0.2, 0) is 0 Å². The first-order valence-electron chi connectivity index (χ1n) is 5.17. The van der Waals surface area contributed by atoms with Gasteiger partial charge in [0.2, 0.25) is 0 Å². The summed E-state index contributed by atoms with van der Waals surface area (Å²) in [7, 11) is 0. The number of hydrogen-bond acceptors (Lipinski definition) is 1. The minimum absolute atomic E-state index is 0.00239. The first-order chi connectivity index (χ1) is 7.41. The van der Waals surface area contributed by atoms with Crippen LogP contribution < -0.4 is 5.32 Å². The van der Waals surface area contributed by atoms with Crippen molar-refractivity contribution < 1.29 is 9.18 Å². The number of halogens is 2. The van der Waals surface area contributed by atoms with E-state index >= 15 is 0 Å². The Balaban J connectivity index is 2.81. The van der Waals surface area contributed by atoms with E-state index in [1.165, 1.54) is 12.1 Å². The van der Waals surface area contributed by atoms with Crippen molar-refractivity contribution in [1.82, 2.24) is 5.32 Å². The summed E-state index contributed by atoms with van der Waals surface area (Å²) in [4.78, 5) is 11.7. The predicted octanol–water partition coefficient (Wildman–Crippen LogP) is 3.25. The van der Waals surface area contributed by atoms with Gasteiger partial charge in [-0.25, -0.2) is 4.39 Å². The third-order valence-electron chi connectivity index (χ3n) is 2.53. The zero-order chi connectivity index (χ0) is 12.3. The van der Waals surface area contributed by atoms with Crippen LogP contribution in [-0.4, -0.2) is 11.9 Å². The van der Waals surface area contributed by atoms with Crippen molar-refractivity contribution in [2.24, 2.45) is 5.92 Å². The second kappa shape index (κ2) is 5.30. The van der Waals surface area contributed by atoms with Gasteiger partial charge in [-0.3, -0.25) is 4.79 Å². The molecule has 0 bridgehead atoms. The van der Waals surface area contributed by atoms with Gasteiger partial charge < -0.3 is 5.32 Å². The largest absolute Gasteiger partial charge is 0.349 e. The molecule has 1 aromatic carbocycles. The molecule has 1 aromatic rings. The number of nitrogens with one attached hydrogen (secondary N) is 1. The van der Waals surface area contributed by atoms with Gasteiger partial charge in [-0.2, -0.15) is 0 Å². The molecule has 16 heavy (non-hydrogen) atoms. The maximum absolute atomic E-state index is 13.4. The molecule has 1 N–H and O–H groups in total. The molecule has 0 spiro atoms. The quantitative estimate of drug-likeness (QED) is 0.868. The Morgan fingerprint density at radius 1 is 1.38 bits per heavy atom. The highest BCUT2D eigenvalue weighted by molar-refractivity contribution is 6.30. The zero-order valence-electron chi connectivity index (χ0n) is 9.55. The Labute approximate surface area is 99.8 Å². The normalized spacial score (nSPS) is 12.6. The fourth-order valence-corrected chi connectivity index (χ4v) is 1.28. The lowest BCUT2D eigenvalue weighted by Crippen LogP contribution is -2.36. The van der Waals surface area contributed by atoms with E-state index in [0.29, 0.717) is 5.92 Å². The van der Waals surface area contributed by atoms with Gasteiger partial charge in [0.15, 0.2) is 0 Å². The highest BCUT2D eigenvalue weighted by atomic mass is 35.5. The van der Waals surface area contributed by atoms with E-state index in [1.54, 1.807) is 0 Å². The molecule has 0 unspecified atom stereocenters. The van der Waals surface area contributed by atoms with E-state index in [9.17, 15) is 9.18 Å². The third-order valence-corrected chi connectivity index (χ3v) is 2.77. The molecule has 0 aliphatic carbocycles. The Morgan fingerprint density at radius 2 is 2.00 bits per heavy atom. The molecule has 0 aliphatic heterocycles. The van der Waals surface area contributed by atoms with Gasteiger partial charge >= 0.3 is 0 Å². The summed E-state index contributed by atoms with van der Waals surface area (Å²) in [6.07, 6.45) is 0. The molecule has 0 radical (unpaired) electrons. The summed E-state index contributed by atoms with van der Waals surface area (Å²) in [5.41, 5.74) is 0.0249. The molecule has 88 valence electrons. The number of carbonyl (C=O) groups is 1. The van der Waals surface area contributed by atoms with Gasteiger partial charge in [-0.15, -0.1) is 0 Å². The molecule has 2 nitrogen and oxygen atoms in total. The van der Waals surface area contributed by atoms with E-state index in [0.717, 1.165) is 6.07 Å². The Bertz CT molecular complexity index is 393. The summed E-state index contributed by atoms with van der Waals surface area (Å²) >= 11 is 5.61. The van der Waals surface area contributed by atoms with Crippen LogP contribution in [0.4, 0.5) is 4.39 Å². The van der Waals surface area contributed by atoms with Gasteiger partial charge in [0, 0.05) is 11.1 Å². The van der Waals surface area contributed by atoms with E-state index in [2.05, 4.69) is 5.32 Å². The molecule has 0 saturated carbocycles. The van der Waals surface area contributed by atoms with Crippen LogP contribution in [0.5, 0.6) is 0 Å². The van der Waals surface area contributed by atoms with Crippen molar-refractivity contribution >= 4 is 17.5 Å². The van der Waals surface area contributed by atoms with Crippen molar-refractivity contribution in [3.05, 3.63) is 34.6 Å². The third kappa shape index (κ3) is 3.20. The van der Waals surface area contributed by atoms with Crippen LogP contribution in [0.25, 0.3) is 0 Å². The van der Waals surface area contributed by atoms with Crippen LogP contribution in [0, 0.1) is 11.7 Å². The van der Waals surface area contributed by atoms with Crippen molar-refractivity contribution in [1.29, 1.82) is 0 Å². The molecule has 1 amide bonds. The van der Waals surface area contributed by atoms with Crippen molar-refractivity contribution in [2.45, 2.75) is 26.8 Å². The number of rotatable bonds is 3. The summed E-state index contributed by atoms with van der Waals surface area (Å²) in [5, 5.41) is 3.02. The highest BCUT2D eigenvalue weighted by Crippen LogP contribution is 2.15. The molecule has 0 heterocycles. The molecule has 1 atom stereocenters. The summed E-state index contributed by atoms with van der Waals surface area (Å²) < 4.78 is 13.4. The average Bonchev–Trinajstić information content (AvgIpc) is 2.16. The van der Waals surface area contributed by atoms with Gasteiger partial charge in [-0.05, 0) is 31.0 Å². The Hall–Kier alpha value is -1.09. The second-order valence-electron chi connectivity index (χ2n) is 4.13. The standard InChI is InChI=1S/C12H15ClFNO/c1-7(2)8(3)15-12(16)10-5-4-9(13)6-11(10)14/h4-8H,1-3H3,(H,15,16)/t8-/m0/s1. The van der Waals surface area contributed by atoms with Crippen LogP contribution in [0.3, 0.4) is 0 Å². The van der Waals surface area contributed by atoms with Gasteiger partial charge in [-0.1, -0.05) is 25.4 Å². The van der Waals surface area contributed by atoms with E-state index in [1.807, 2.05) is 20.8 Å². The fourth-order valence-electron chi connectivity index (χ4n) is 1.12. The smallest absolute Gasteiger partial charge is 0.254 e. The number of benzene rings is 1. The first-order valence-corrected chi connectivity index (χ1v) is 5.55. The lowest BCUT2D eigenvalue weighted by atomic mass is 10.1. The lowest BCUT2D eigenvalue weighted by molar-refractivity contribution is 0.0926. The van der Waals surface area contributed by atoms with Crippen LogP contribution in [0.1, 0.15) is 31.1 Å². The molecular formula is C12H15ClFNO. The van der Waals surface area contributed by atoms with Crippen molar-refractivity contribution in [2.75, 3.05) is 0 Å². The van der Waals surface area contributed by atoms with E-state index in [-0.39, 0.29) is 16.6 Å². The summed E-state index contributed by atoms with van der Waals surface area (Å²) in [6, 6.07) is 4.03. The zero-order valence-corrected chi connectivity index (χ0v) is 10.3. The van der Waals surface area contributed by atoms with Crippen LogP contribution in [0.2, 0.25) is 5.02 Å².